The number of carbonyl (C=O) groups excluding carboxylic acids is 1. The molecule has 3 aromatic rings. The van der Waals surface area contributed by atoms with E-state index in [-0.39, 0.29) is 40.5 Å². The summed E-state index contributed by atoms with van der Waals surface area (Å²) in [6.07, 6.45) is 4.80. The van der Waals surface area contributed by atoms with Crippen LogP contribution in [0.1, 0.15) is 39.5 Å². The Balaban J connectivity index is 1.41. The minimum Gasteiger partial charge on any atom is -0.483 e. The van der Waals surface area contributed by atoms with E-state index in [1.54, 1.807) is 0 Å². The summed E-state index contributed by atoms with van der Waals surface area (Å²) in [7, 11) is 1.33. The molecule has 2 aliphatic heterocycles. The largest absolute Gasteiger partial charge is 0.483 e. The number of ether oxygens (including phenoxy) is 1. The molecular weight excluding hydrogens is 544 g/mol. The predicted octanol–water partition coefficient (Wildman–Crippen LogP) is 1.63. The molecule has 1 aromatic carbocycles. The van der Waals surface area contributed by atoms with Crippen LogP contribution < -0.4 is 21.1 Å². The summed E-state index contributed by atoms with van der Waals surface area (Å²) < 4.78 is 36.8. The maximum absolute atomic E-state index is 15.2. The van der Waals surface area contributed by atoms with Gasteiger partial charge in [0.25, 0.3) is 5.78 Å². The first-order valence-corrected chi connectivity index (χ1v) is 13.0. The highest BCUT2D eigenvalue weighted by atomic mass is 19.1. The molecule has 0 saturated carbocycles. The van der Waals surface area contributed by atoms with Crippen LogP contribution in [-0.2, 0) is 16.6 Å². The number of carbonyl (C=O) groups is 2. The Bertz CT molecular complexity index is 1560. The SMILES string of the molecule is Cn1nnn(-c2cc(Nc3ncc(F)c(N[C@@H]4C[C@@H]5CCCN5C(C)(C)C4)n3)c(F)cc2OCC(=O)C(=O)O)c1=O. The van der Waals surface area contributed by atoms with Crippen molar-refractivity contribution in [1.82, 2.24) is 34.7 Å². The van der Waals surface area contributed by atoms with Crippen LogP contribution in [0.3, 0.4) is 0 Å². The molecule has 2 atom stereocenters. The summed E-state index contributed by atoms with van der Waals surface area (Å²) in [4.78, 5) is 45.6. The topological polar surface area (TPSA) is 169 Å². The number of aromatic nitrogens is 6. The number of rotatable bonds is 9. The molecule has 0 aliphatic carbocycles. The standard InChI is InChI=1S/C25H29F2N9O5/c1-25(2)10-13(7-14-5-4-6-35(14)25)29-21-16(27)11-28-23(31-21)30-17-9-18(36-24(40)34(3)32-33-36)20(8-15(17)26)41-12-19(37)22(38)39/h8-9,11,13-14H,4-7,10,12H2,1-3H3,(H,38,39)(H2,28,29,30,31)/t13-,14+/m1/s1. The van der Waals surface area contributed by atoms with Crippen LogP contribution in [0.15, 0.2) is 23.1 Å². The number of nitrogens with zero attached hydrogens (tertiary/aromatic N) is 7. The molecule has 0 amide bonds. The number of hydrogen-bond acceptors (Lipinski definition) is 11. The summed E-state index contributed by atoms with van der Waals surface area (Å²) in [5, 5.41) is 22.0. The van der Waals surface area contributed by atoms with Crippen molar-refractivity contribution < 1.29 is 28.2 Å². The molecule has 2 aromatic heterocycles. The van der Waals surface area contributed by atoms with Gasteiger partial charge in [-0.1, -0.05) is 0 Å². The third-order valence-electron chi connectivity index (χ3n) is 7.38. The molecule has 41 heavy (non-hydrogen) atoms. The van der Waals surface area contributed by atoms with Crippen LogP contribution in [0.4, 0.5) is 26.2 Å². The first-order valence-electron chi connectivity index (χ1n) is 13.0. The maximum Gasteiger partial charge on any atom is 0.375 e. The zero-order valence-corrected chi connectivity index (χ0v) is 22.6. The molecule has 2 saturated heterocycles. The van der Waals surface area contributed by atoms with E-state index in [0.29, 0.717) is 6.04 Å². The van der Waals surface area contributed by atoms with Crippen molar-refractivity contribution in [2.24, 2.45) is 7.05 Å². The molecule has 14 nitrogen and oxygen atoms in total. The molecule has 0 spiro atoms. The van der Waals surface area contributed by atoms with E-state index < -0.39 is 35.7 Å². The van der Waals surface area contributed by atoms with Gasteiger partial charge in [0.05, 0.1) is 11.9 Å². The lowest BCUT2D eigenvalue weighted by molar-refractivity contribution is -0.150. The fraction of sp³-hybridized carbons (Fsp3) is 0.480. The predicted molar refractivity (Wildman–Crippen MR) is 140 cm³/mol. The van der Waals surface area contributed by atoms with E-state index in [4.69, 9.17) is 9.84 Å². The molecule has 4 heterocycles. The summed E-state index contributed by atoms with van der Waals surface area (Å²) in [5.74, 6) is -5.11. The fourth-order valence-electron chi connectivity index (χ4n) is 5.55. The second kappa shape index (κ2) is 10.8. The Morgan fingerprint density at radius 1 is 1.22 bits per heavy atom. The van der Waals surface area contributed by atoms with Gasteiger partial charge in [0.1, 0.15) is 11.4 Å². The number of benzene rings is 1. The number of halogens is 2. The van der Waals surface area contributed by atoms with Crippen LogP contribution in [0.25, 0.3) is 5.69 Å². The number of nitrogens with one attached hydrogen (secondary N) is 2. The molecule has 2 fully saturated rings. The molecule has 0 unspecified atom stereocenters. The lowest BCUT2D eigenvalue weighted by Crippen LogP contribution is -2.55. The average molecular weight is 574 g/mol. The van der Waals surface area contributed by atoms with Gasteiger partial charge in [-0.2, -0.15) is 14.3 Å². The maximum atomic E-state index is 15.2. The van der Waals surface area contributed by atoms with Gasteiger partial charge < -0.3 is 20.5 Å². The van der Waals surface area contributed by atoms with Crippen molar-refractivity contribution >= 4 is 29.2 Å². The summed E-state index contributed by atoms with van der Waals surface area (Å²) in [6.45, 7) is 4.48. The van der Waals surface area contributed by atoms with Gasteiger partial charge in [-0.05, 0) is 62.6 Å². The van der Waals surface area contributed by atoms with Crippen molar-refractivity contribution in [2.45, 2.75) is 57.2 Å². The number of carboxylic acid groups (broad SMARTS) is 1. The van der Waals surface area contributed by atoms with Gasteiger partial charge in [-0.25, -0.2) is 23.4 Å². The number of aliphatic carboxylic acids is 1. The zero-order chi connectivity index (χ0) is 29.5. The minimum atomic E-state index is -1.74. The van der Waals surface area contributed by atoms with Gasteiger partial charge >= 0.3 is 11.7 Å². The Hall–Kier alpha value is -4.47. The number of anilines is 3. The Morgan fingerprint density at radius 2 is 2.00 bits per heavy atom. The summed E-state index contributed by atoms with van der Waals surface area (Å²) in [5.41, 5.74) is -1.15. The molecule has 3 N–H and O–H groups in total. The van der Waals surface area contributed by atoms with Gasteiger partial charge in [0, 0.05) is 30.7 Å². The zero-order valence-electron chi connectivity index (χ0n) is 22.6. The van der Waals surface area contributed by atoms with Crippen LogP contribution in [0.2, 0.25) is 0 Å². The Labute approximate surface area is 232 Å². The third kappa shape index (κ3) is 5.73. The number of tetrazole rings is 1. The average Bonchev–Trinajstić information content (AvgIpc) is 3.52. The first kappa shape index (κ1) is 28.1. The van der Waals surface area contributed by atoms with Crippen molar-refractivity contribution in [2.75, 3.05) is 23.8 Å². The van der Waals surface area contributed by atoms with E-state index in [1.165, 1.54) is 7.05 Å². The quantitative estimate of drug-likeness (QED) is 0.317. The van der Waals surface area contributed by atoms with E-state index in [1.807, 2.05) is 0 Å². The molecule has 0 radical (unpaired) electrons. The number of hydrogen-bond donors (Lipinski definition) is 3. The second-order valence-corrected chi connectivity index (χ2v) is 10.7. The number of fused-ring (bicyclic) bond motifs is 1. The summed E-state index contributed by atoms with van der Waals surface area (Å²) >= 11 is 0. The molecule has 0 bridgehead atoms. The van der Waals surface area contributed by atoms with Crippen molar-refractivity contribution in [3.63, 3.8) is 0 Å². The highest BCUT2D eigenvalue weighted by Crippen LogP contribution is 2.38. The monoisotopic (exact) mass is 573 g/mol. The van der Waals surface area contributed by atoms with E-state index in [2.05, 4.69) is 49.8 Å². The number of aryl methyl sites for hydroxylation is 1. The van der Waals surface area contributed by atoms with Crippen LogP contribution in [0.5, 0.6) is 5.75 Å². The Morgan fingerprint density at radius 3 is 2.71 bits per heavy atom. The van der Waals surface area contributed by atoms with Gasteiger partial charge in [-0.15, -0.1) is 0 Å². The van der Waals surface area contributed by atoms with Crippen molar-refractivity contribution in [1.29, 1.82) is 0 Å². The van der Waals surface area contributed by atoms with Crippen molar-refractivity contribution in [3.05, 3.63) is 40.4 Å². The number of Topliss-reactive ketones (excluding diaryl/α,β-unsaturated/α-hetero) is 1. The highest BCUT2D eigenvalue weighted by molar-refractivity contribution is 6.33. The van der Waals surface area contributed by atoms with E-state index >= 15 is 4.39 Å². The lowest BCUT2D eigenvalue weighted by atomic mass is 9.84. The van der Waals surface area contributed by atoms with E-state index in [0.717, 1.165) is 59.9 Å². The fourth-order valence-corrected chi connectivity index (χ4v) is 5.55. The molecule has 218 valence electrons. The van der Waals surface area contributed by atoms with Gasteiger partial charge in [0.15, 0.2) is 24.1 Å². The number of piperidine rings is 1. The molecular formula is C25H29F2N9O5. The van der Waals surface area contributed by atoms with Crippen molar-refractivity contribution in [3.8, 4) is 11.4 Å². The lowest BCUT2D eigenvalue weighted by Gasteiger charge is -2.47. The minimum absolute atomic E-state index is 0.0292. The van der Waals surface area contributed by atoms with Crippen LogP contribution in [-0.4, -0.2) is 82.3 Å². The van der Waals surface area contributed by atoms with Crippen LogP contribution in [0, 0.1) is 11.6 Å². The normalized spacial score (nSPS) is 19.9. The molecule has 2 aliphatic rings. The van der Waals surface area contributed by atoms with E-state index in [9.17, 15) is 18.8 Å². The Kier molecular flexibility index (Phi) is 7.42. The molecule has 16 heteroatoms. The second-order valence-electron chi connectivity index (χ2n) is 10.7. The number of carboxylic acids is 1. The highest BCUT2D eigenvalue weighted by Gasteiger charge is 2.43. The third-order valence-corrected chi connectivity index (χ3v) is 7.38. The smallest absolute Gasteiger partial charge is 0.375 e. The molecule has 5 rings (SSSR count). The van der Waals surface area contributed by atoms with Crippen LogP contribution >= 0.6 is 0 Å². The van der Waals surface area contributed by atoms with Gasteiger partial charge in [-0.3, -0.25) is 9.69 Å². The first-order chi connectivity index (χ1) is 19.4. The number of ketones is 1. The summed E-state index contributed by atoms with van der Waals surface area (Å²) in [6, 6.07) is 2.35. The van der Waals surface area contributed by atoms with Gasteiger partial charge in [0.2, 0.25) is 5.95 Å².